The number of amides is 2. The molecule has 1 aliphatic heterocycles. The molecular formula is C16H24N6OS. The quantitative estimate of drug-likeness (QED) is 0.841. The Morgan fingerprint density at radius 1 is 1.38 bits per heavy atom. The van der Waals surface area contributed by atoms with Crippen LogP contribution in [0.25, 0.3) is 0 Å². The van der Waals surface area contributed by atoms with Gasteiger partial charge in [0.25, 0.3) is 0 Å². The lowest BCUT2D eigenvalue weighted by Gasteiger charge is -2.23. The van der Waals surface area contributed by atoms with Crippen LogP contribution in [0.15, 0.2) is 11.6 Å². The molecule has 3 rings (SSSR count). The molecule has 2 amide bonds. The number of hydrogen-bond donors (Lipinski definition) is 2. The first-order valence-corrected chi connectivity index (χ1v) is 9.36. The summed E-state index contributed by atoms with van der Waals surface area (Å²) in [4.78, 5) is 16.8. The minimum atomic E-state index is -0.189. The predicted octanol–water partition coefficient (Wildman–Crippen LogP) is 2.83. The molecule has 130 valence electrons. The van der Waals surface area contributed by atoms with E-state index in [-0.39, 0.29) is 24.0 Å². The van der Waals surface area contributed by atoms with E-state index in [4.69, 9.17) is 0 Å². The number of nitrogens with zero attached hydrogens (tertiary/aromatic N) is 4. The Labute approximate surface area is 145 Å². The van der Waals surface area contributed by atoms with E-state index in [2.05, 4.69) is 44.2 Å². The molecule has 3 heterocycles. The van der Waals surface area contributed by atoms with E-state index in [0.717, 1.165) is 42.5 Å². The third kappa shape index (κ3) is 3.43. The number of nitrogens with one attached hydrogen (secondary N) is 2. The Morgan fingerprint density at radius 3 is 2.88 bits per heavy atom. The average Bonchev–Trinajstić information content (AvgIpc) is 3.27. The highest BCUT2D eigenvalue weighted by molar-refractivity contribution is 7.09. The van der Waals surface area contributed by atoms with Gasteiger partial charge in [0, 0.05) is 24.5 Å². The van der Waals surface area contributed by atoms with Crippen LogP contribution < -0.4 is 10.6 Å². The van der Waals surface area contributed by atoms with E-state index >= 15 is 0 Å². The van der Waals surface area contributed by atoms with Crippen molar-refractivity contribution in [1.29, 1.82) is 0 Å². The maximum atomic E-state index is 12.5. The smallest absolute Gasteiger partial charge is 0.315 e. The Kier molecular flexibility index (Phi) is 5.13. The number of rotatable bonds is 6. The molecule has 1 aliphatic rings. The first-order chi connectivity index (χ1) is 11.6. The molecule has 0 saturated carbocycles. The minimum Gasteiger partial charge on any atom is -0.329 e. The third-order valence-corrected chi connectivity index (χ3v) is 5.22. The summed E-state index contributed by atoms with van der Waals surface area (Å²) in [5, 5.41) is 17.5. The molecule has 0 aliphatic carbocycles. The molecule has 0 bridgehead atoms. The third-order valence-electron chi connectivity index (χ3n) is 4.33. The van der Waals surface area contributed by atoms with E-state index in [0.29, 0.717) is 0 Å². The van der Waals surface area contributed by atoms with Crippen molar-refractivity contribution in [3.8, 4) is 0 Å². The molecule has 0 aromatic carbocycles. The number of carbonyl (C=O) groups excluding carboxylic acids is 1. The fourth-order valence-electron chi connectivity index (χ4n) is 3.02. The van der Waals surface area contributed by atoms with Gasteiger partial charge in [0.2, 0.25) is 0 Å². The largest absolute Gasteiger partial charge is 0.329 e. The van der Waals surface area contributed by atoms with Crippen molar-refractivity contribution in [1.82, 2.24) is 30.4 Å². The summed E-state index contributed by atoms with van der Waals surface area (Å²) in [6.45, 7) is 7.14. The monoisotopic (exact) mass is 348 g/mol. The molecule has 0 unspecified atom stereocenters. The molecular weight excluding hydrogens is 324 g/mol. The van der Waals surface area contributed by atoms with Crippen molar-refractivity contribution in [2.75, 3.05) is 0 Å². The standard InChI is InChI=1S/C16H24N6OS/c1-4-11(15-17-7-9-24-15)18-16(23)19-13(10(2)3)14-21-20-12-6-5-8-22(12)14/h7,9-11,13H,4-6,8H2,1-3H3,(H2,18,19,23)/t11-,13-/m1/s1. The highest BCUT2D eigenvalue weighted by Crippen LogP contribution is 2.25. The topological polar surface area (TPSA) is 84.7 Å². The first kappa shape index (κ1) is 16.9. The first-order valence-electron chi connectivity index (χ1n) is 8.48. The van der Waals surface area contributed by atoms with Crippen LogP contribution in [0.5, 0.6) is 0 Å². The van der Waals surface area contributed by atoms with Gasteiger partial charge in [-0.05, 0) is 18.8 Å². The lowest BCUT2D eigenvalue weighted by Crippen LogP contribution is -2.42. The lowest BCUT2D eigenvalue weighted by atomic mass is 10.0. The molecule has 8 heteroatoms. The van der Waals surface area contributed by atoms with Gasteiger partial charge in [0.15, 0.2) is 5.82 Å². The Bertz CT molecular complexity index is 681. The van der Waals surface area contributed by atoms with Crippen molar-refractivity contribution in [2.45, 2.75) is 58.7 Å². The Morgan fingerprint density at radius 2 is 2.21 bits per heavy atom. The van der Waals surface area contributed by atoms with Gasteiger partial charge in [-0.2, -0.15) is 0 Å². The summed E-state index contributed by atoms with van der Waals surface area (Å²) in [6.07, 6.45) is 4.62. The second-order valence-electron chi connectivity index (χ2n) is 6.40. The van der Waals surface area contributed by atoms with Crippen LogP contribution in [0.2, 0.25) is 0 Å². The summed E-state index contributed by atoms with van der Waals surface area (Å²) < 4.78 is 2.14. The fraction of sp³-hybridized carbons (Fsp3) is 0.625. The van der Waals surface area contributed by atoms with E-state index in [1.54, 1.807) is 17.5 Å². The zero-order valence-corrected chi connectivity index (χ0v) is 15.1. The van der Waals surface area contributed by atoms with Crippen LogP contribution in [0.4, 0.5) is 4.79 Å². The van der Waals surface area contributed by atoms with Gasteiger partial charge in [-0.25, -0.2) is 9.78 Å². The van der Waals surface area contributed by atoms with Crippen LogP contribution in [0.3, 0.4) is 0 Å². The molecule has 2 N–H and O–H groups in total. The van der Waals surface area contributed by atoms with E-state index in [9.17, 15) is 4.79 Å². The minimum absolute atomic E-state index is 0.0677. The Hall–Kier alpha value is -1.96. The molecule has 0 saturated heterocycles. The SMILES string of the molecule is CC[C@@H](NC(=O)N[C@@H](c1nnc2n1CCC2)C(C)C)c1nccs1. The number of aryl methyl sites for hydroxylation is 1. The average molecular weight is 348 g/mol. The highest BCUT2D eigenvalue weighted by Gasteiger charge is 2.28. The van der Waals surface area contributed by atoms with Crippen molar-refractivity contribution >= 4 is 17.4 Å². The van der Waals surface area contributed by atoms with E-state index in [1.807, 2.05) is 12.3 Å². The number of aromatic nitrogens is 4. The zero-order valence-electron chi connectivity index (χ0n) is 14.3. The van der Waals surface area contributed by atoms with Crippen LogP contribution in [0.1, 0.15) is 62.4 Å². The van der Waals surface area contributed by atoms with Gasteiger partial charge in [0.1, 0.15) is 10.8 Å². The van der Waals surface area contributed by atoms with Crippen molar-refractivity contribution in [2.24, 2.45) is 5.92 Å². The summed E-state index contributed by atoms with van der Waals surface area (Å²) >= 11 is 1.56. The molecule has 7 nitrogen and oxygen atoms in total. The van der Waals surface area contributed by atoms with E-state index in [1.165, 1.54) is 0 Å². The van der Waals surface area contributed by atoms with Crippen molar-refractivity contribution in [3.63, 3.8) is 0 Å². The molecule has 24 heavy (non-hydrogen) atoms. The summed E-state index contributed by atoms with van der Waals surface area (Å²) in [5.74, 6) is 2.10. The number of carbonyl (C=O) groups is 1. The number of fused-ring (bicyclic) bond motifs is 1. The molecule has 0 radical (unpaired) electrons. The highest BCUT2D eigenvalue weighted by atomic mass is 32.1. The van der Waals surface area contributed by atoms with Crippen LogP contribution >= 0.6 is 11.3 Å². The van der Waals surface area contributed by atoms with Crippen LogP contribution in [-0.2, 0) is 13.0 Å². The van der Waals surface area contributed by atoms with Gasteiger partial charge < -0.3 is 15.2 Å². The van der Waals surface area contributed by atoms with Crippen LogP contribution in [0, 0.1) is 5.92 Å². The van der Waals surface area contributed by atoms with Crippen molar-refractivity contribution < 1.29 is 4.79 Å². The summed E-state index contributed by atoms with van der Waals surface area (Å²) in [6, 6.07) is -0.411. The maximum Gasteiger partial charge on any atom is 0.315 e. The second kappa shape index (κ2) is 7.29. The summed E-state index contributed by atoms with van der Waals surface area (Å²) in [7, 11) is 0. The van der Waals surface area contributed by atoms with Gasteiger partial charge in [-0.1, -0.05) is 20.8 Å². The zero-order chi connectivity index (χ0) is 17.1. The summed E-state index contributed by atoms with van der Waals surface area (Å²) in [5.41, 5.74) is 0. The Balaban J connectivity index is 1.70. The molecule has 0 spiro atoms. The van der Waals surface area contributed by atoms with Gasteiger partial charge in [-0.15, -0.1) is 21.5 Å². The molecule has 2 aromatic rings. The molecule has 0 fully saturated rings. The van der Waals surface area contributed by atoms with Crippen molar-refractivity contribution in [3.05, 3.63) is 28.2 Å². The number of urea groups is 1. The molecule has 2 atom stereocenters. The predicted molar refractivity (Wildman–Crippen MR) is 92.7 cm³/mol. The lowest BCUT2D eigenvalue weighted by molar-refractivity contribution is 0.227. The number of thiazole rings is 1. The number of hydrogen-bond acceptors (Lipinski definition) is 5. The van der Waals surface area contributed by atoms with Gasteiger partial charge in [-0.3, -0.25) is 0 Å². The normalized spacial score (nSPS) is 16.0. The van der Waals surface area contributed by atoms with E-state index < -0.39 is 0 Å². The second-order valence-corrected chi connectivity index (χ2v) is 7.33. The van der Waals surface area contributed by atoms with Crippen LogP contribution in [-0.4, -0.2) is 25.8 Å². The molecule has 2 aromatic heterocycles. The van der Waals surface area contributed by atoms with Gasteiger partial charge in [0.05, 0.1) is 12.1 Å². The fourth-order valence-corrected chi connectivity index (χ4v) is 3.79. The van der Waals surface area contributed by atoms with Gasteiger partial charge >= 0.3 is 6.03 Å². The maximum absolute atomic E-state index is 12.5.